The summed E-state index contributed by atoms with van der Waals surface area (Å²) in [5.74, 6) is -1.19. The van der Waals surface area contributed by atoms with Crippen LogP contribution >= 0.6 is 27.5 Å². The zero-order valence-corrected chi connectivity index (χ0v) is 13.3. The number of halogens is 2. The van der Waals surface area contributed by atoms with Gasteiger partial charge >= 0.3 is 5.97 Å². The van der Waals surface area contributed by atoms with Gasteiger partial charge in [0.2, 0.25) is 5.76 Å². The SMILES string of the molecule is Cc1ccc(NC(=O)COC(=O)c2ccc(Br)o2)c(Cl)c1. The highest BCUT2D eigenvalue weighted by Gasteiger charge is 2.14. The van der Waals surface area contributed by atoms with Crippen LogP contribution in [-0.2, 0) is 9.53 Å². The van der Waals surface area contributed by atoms with E-state index < -0.39 is 18.5 Å². The van der Waals surface area contributed by atoms with Crippen molar-refractivity contribution in [2.24, 2.45) is 0 Å². The number of amides is 1. The number of hydrogen-bond donors (Lipinski definition) is 1. The van der Waals surface area contributed by atoms with Crippen LogP contribution in [0.3, 0.4) is 0 Å². The number of benzene rings is 1. The molecule has 0 aliphatic carbocycles. The second kappa shape index (κ2) is 6.78. The molecule has 0 spiro atoms. The van der Waals surface area contributed by atoms with Crippen molar-refractivity contribution >= 4 is 45.1 Å². The van der Waals surface area contributed by atoms with Crippen LogP contribution in [0.25, 0.3) is 0 Å². The Morgan fingerprint density at radius 2 is 2.10 bits per heavy atom. The van der Waals surface area contributed by atoms with Crippen LogP contribution in [-0.4, -0.2) is 18.5 Å². The molecule has 0 radical (unpaired) electrons. The molecule has 5 nitrogen and oxygen atoms in total. The predicted molar refractivity (Wildman–Crippen MR) is 81.5 cm³/mol. The maximum atomic E-state index is 11.7. The topological polar surface area (TPSA) is 68.5 Å². The van der Waals surface area contributed by atoms with Crippen LogP contribution in [0.2, 0.25) is 5.02 Å². The highest BCUT2D eigenvalue weighted by molar-refractivity contribution is 9.10. The number of anilines is 1. The lowest BCUT2D eigenvalue weighted by molar-refractivity contribution is -0.119. The molecule has 1 N–H and O–H groups in total. The lowest BCUT2D eigenvalue weighted by atomic mass is 10.2. The molecule has 0 atom stereocenters. The molecule has 0 unspecified atom stereocenters. The Labute approximate surface area is 134 Å². The number of nitrogens with one attached hydrogen (secondary N) is 1. The van der Waals surface area contributed by atoms with Crippen LogP contribution < -0.4 is 5.32 Å². The molecule has 0 aliphatic rings. The van der Waals surface area contributed by atoms with Crippen molar-refractivity contribution in [2.45, 2.75) is 6.92 Å². The first kappa shape index (κ1) is 15.6. The van der Waals surface area contributed by atoms with Gasteiger partial charge in [0.05, 0.1) is 10.7 Å². The molecule has 1 aromatic carbocycles. The molecule has 7 heteroatoms. The molecule has 2 rings (SSSR count). The van der Waals surface area contributed by atoms with Gasteiger partial charge in [0, 0.05) is 0 Å². The van der Waals surface area contributed by atoms with E-state index in [4.69, 9.17) is 20.8 Å². The predicted octanol–water partition coefficient (Wildman–Crippen LogP) is 3.80. The van der Waals surface area contributed by atoms with Crippen LogP contribution in [0.5, 0.6) is 0 Å². The quantitative estimate of drug-likeness (QED) is 0.829. The maximum Gasteiger partial charge on any atom is 0.374 e. The molecule has 110 valence electrons. The highest BCUT2D eigenvalue weighted by atomic mass is 79.9. The van der Waals surface area contributed by atoms with Crippen LogP contribution in [0.4, 0.5) is 5.69 Å². The summed E-state index contributed by atoms with van der Waals surface area (Å²) in [6, 6.07) is 8.22. The third-order valence-electron chi connectivity index (χ3n) is 2.51. The zero-order chi connectivity index (χ0) is 15.4. The van der Waals surface area contributed by atoms with Crippen molar-refractivity contribution in [3.63, 3.8) is 0 Å². The van der Waals surface area contributed by atoms with Gasteiger partial charge < -0.3 is 14.5 Å². The molecule has 1 amide bonds. The molecule has 1 heterocycles. The van der Waals surface area contributed by atoms with E-state index in [1.54, 1.807) is 18.2 Å². The van der Waals surface area contributed by atoms with Gasteiger partial charge in [0.1, 0.15) is 0 Å². The summed E-state index contributed by atoms with van der Waals surface area (Å²) < 4.78 is 10.3. The minimum Gasteiger partial charge on any atom is -0.450 e. The van der Waals surface area contributed by atoms with Gasteiger partial charge in [-0.2, -0.15) is 0 Å². The average molecular weight is 373 g/mol. The van der Waals surface area contributed by atoms with Crippen molar-refractivity contribution in [3.05, 3.63) is 51.3 Å². The molecule has 0 fully saturated rings. The maximum absolute atomic E-state index is 11.7. The molecule has 21 heavy (non-hydrogen) atoms. The normalized spacial score (nSPS) is 10.2. The van der Waals surface area contributed by atoms with Gasteiger partial charge in [-0.05, 0) is 52.7 Å². The van der Waals surface area contributed by atoms with E-state index in [0.717, 1.165) is 5.56 Å². The van der Waals surface area contributed by atoms with Crippen molar-refractivity contribution in [2.75, 3.05) is 11.9 Å². The van der Waals surface area contributed by atoms with E-state index in [1.807, 2.05) is 13.0 Å². The number of rotatable bonds is 4. The summed E-state index contributed by atoms with van der Waals surface area (Å²) in [4.78, 5) is 23.3. The zero-order valence-electron chi connectivity index (χ0n) is 11.0. The van der Waals surface area contributed by atoms with Gasteiger partial charge in [-0.1, -0.05) is 17.7 Å². The fourth-order valence-corrected chi connectivity index (χ4v) is 2.12. The second-order valence-electron chi connectivity index (χ2n) is 4.21. The molecule has 0 saturated heterocycles. The van der Waals surface area contributed by atoms with Gasteiger partial charge in [-0.15, -0.1) is 0 Å². The molecular weight excluding hydrogens is 362 g/mol. The lowest BCUT2D eigenvalue weighted by Gasteiger charge is -2.08. The number of carbonyl (C=O) groups excluding carboxylic acids is 2. The Kier molecular flexibility index (Phi) is 5.03. The monoisotopic (exact) mass is 371 g/mol. The van der Waals surface area contributed by atoms with Crippen molar-refractivity contribution in [1.82, 2.24) is 0 Å². The van der Waals surface area contributed by atoms with Gasteiger partial charge in [0.15, 0.2) is 11.3 Å². The number of furan rings is 1. The minimum absolute atomic E-state index is 0.0167. The largest absolute Gasteiger partial charge is 0.450 e. The standard InChI is InChI=1S/C14H11BrClNO4/c1-8-2-3-10(9(16)6-8)17-13(18)7-20-14(19)11-4-5-12(15)21-11/h2-6H,7H2,1H3,(H,17,18). The van der Waals surface area contributed by atoms with Crippen LogP contribution in [0.1, 0.15) is 16.1 Å². The summed E-state index contributed by atoms with van der Waals surface area (Å²) in [5, 5.41) is 2.98. The number of hydrogen-bond acceptors (Lipinski definition) is 4. The Hall–Kier alpha value is -1.79. The van der Waals surface area contributed by atoms with Crippen molar-refractivity contribution < 1.29 is 18.7 Å². The molecule has 0 aliphatic heterocycles. The van der Waals surface area contributed by atoms with Gasteiger partial charge in [-0.25, -0.2) is 4.79 Å². The molecular formula is C14H11BrClNO4. The van der Waals surface area contributed by atoms with E-state index in [0.29, 0.717) is 15.4 Å². The molecule has 1 aromatic heterocycles. The number of ether oxygens (including phenoxy) is 1. The van der Waals surface area contributed by atoms with Crippen LogP contribution in [0, 0.1) is 6.92 Å². The summed E-state index contributed by atoms with van der Waals surface area (Å²) >= 11 is 9.06. The first-order chi connectivity index (χ1) is 9.95. The van der Waals surface area contributed by atoms with Crippen LogP contribution in [0.15, 0.2) is 39.4 Å². The molecule has 0 saturated carbocycles. The fourth-order valence-electron chi connectivity index (χ4n) is 1.53. The highest BCUT2D eigenvalue weighted by Crippen LogP contribution is 2.22. The van der Waals surface area contributed by atoms with Crippen molar-refractivity contribution in [3.8, 4) is 0 Å². The van der Waals surface area contributed by atoms with Gasteiger partial charge in [-0.3, -0.25) is 4.79 Å². The Bertz CT molecular complexity index is 683. The van der Waals surface area contributed by atoms with E-state index in [-0.39, 0.29) is 5.76 Å². The summed E-state index contributed by atoms with van der Waals surface area (Å²) in [5.41, 5.74) is 1.44. The number of carbonyl (C=O) groups is 2. The smallest absolute Gasteiger partial charge is 0.374 e. The average Bonchev–Trinajstić information content (AvgIpc) is 2.86. The summed E-state index contributed by atoms with van der Waals surface area (Å²) in [6.07, 6.45) is 0. The minimum atomic E-state index is -0.717. The van der Waals surface area contributed by atoms with Crippen molar-refractivity contribution in [1.29, 1.82) is 0 Å². The first-order valence-corrected chi connectivity index (χ1v) is 7.11. The number of esters is 1. The third-order valence-corrected chi connectivity index (χ3v) is 3.25. The first-order valence-electron chi connectivity index (χ1n) is 5.94. The Morgan fingerprint density at radius 3 is 2.71 bits per heavy atom. The molecule has 2 aromatic rings. The number of aryl methyl sites for hydroxylation is 1. The second-order valence-corrected chi connectivity index (χ2v) is 5.40. The van der Waals surface area contributed by atoms with E-state index in [2.05, 4.69) is 21.2 Å². The lowest BCUT2D eigenvalue weighted by Crippen LogP contribution is -2.20. The van der Waals surface area contributed by atoms with Gasteiger partial charge in [0.25, 0.3) is 5.91 Å². The molecule has 0 bridgehead atoms. The Balaban J connectivity index is 1.89. The fraction of sp³-hybridized carbons (Fsp3) is 0.143. The summed E-state index contributed by atoms with van der Waals surface area (Å²) in [6.45, 7) is 1.46. The van der Waals surface area contributed by atoms with E-state index in [9.17, 15) is 9.59 Å². The third kappa shape index (κ3) is 4.34. The Morgan fingerprint density at radius 1 is 1.33 bits per heavy atom. The van der Waals surface area contributed by atoms with E-state index in [1.165, 1.54) is 6.07 Å². The summed E-state index contributed by atoms with van der Waals surface area (Å²) in [7, 11) is 0. The van der Waals surface area contributed by atoms with E-state index >= 15 is 0 Å².